The predicted octanol–water partition coefficient (Wildman–Crippen LogP) is 12.3. The Labute approximate surface area is 273 Å². The predicted molar refractivity (Wildman–Crippen MR) is 196 cm³/mol. The molecule has 0 fully saturated rings. The number of hydrogen-bond acceptors (Lipinski definition) is 1. The van der Waals surface area contributed by atoms with Crippen LogP contribution in [0, 0.1) is 0 Å². The zero-order valence-electron chi connectivity index (χ0n) is 26.3. The monoisotopic (exact) mass is 601 g/mol. The third-order valence-electron chi connectivity index (χ3n) is 10.4. The minimum absolute atomic E-state index is 0.156. The maximum absolute atomic E-state index is 6.11. The third kappa shape index (κ3) is 3.79. The van der Waals surface area contributed by atoms with Crippen molar-refractivity contribution >= 4 is 43.7 Å². The first-order valence-corrected chi connectivity index (χ1v) is 16.3. The van der Waals surface area contributed by atoms with E-state index >= 15 is 0 Å². The van der Waals surface area contributed by atoms with E-state index in [1.807, 2.05) is 12.1 Å². The fraction of sp³-hybridized carbons (Fsp3) is 0.0667. The molecule has 0 saturated heterocycles. The SMILES string of the molecule is CC1(C)c2cc(-c3ccc4oc5ccccc5c4c3)ccc2-c2ccc(-n3c4ccccc4c4ccc(-c5ccccc5)cc43)cc21. The van der Waals surface area contributed by atoms with Gasteiger partial charge in [-0.3, -0.25) is 0 Å². The fourth-order valence-electron chi connectivity index (χ4n) is 8.01. The molecule has 0 amide bonds. The van der Waals surface area contributed by atoms with Gasteiger partial charge in [0, 0.05) is 32.6 Å². The summed E-state index contributed by atoms with van der Waals surface area (Å²) in [6.45, 7) is 4.74. The number of benzene rings is 7. The highest BCUT2D eigenvalue weighted by Crippen LogP contribution is 2.51. The highest BCUT2D eigenvalue weighted by Gasteiger charge is 2.36. The molecule has 0 atom stereocenters. The van der Waals surface area contributed by atoms with Crippen LogP contribution in [0.5, 0.6) is 0 Å². The Balaban J connectivity index is 1.11. The van der Waals surface area contributed by atoms with Gasteiger partial charge in [-0.2, -0.15) is 0 Å². The van der Waals surface area contributed by atoms with Gasteiger partial charge in [0.1, 0.15) is 11.2 Å². The van der Waals surface area contributed by atoms with Crippen molar-refractivity contribution in [2.24, 2.45) is 0 Å². The minimum Gasteiger partial charge on any atom is -0.456 e. The fourth-order valence-corrected chi connectivity index (χ4v) is 8.01. The van der Waals surface area contributed by atoms with Crippen molar-refractivity contribution in [2.45, 2.75) is 19.3 Å². The van der Waals surface area contributed by atoms with E-state index in [1.54, 1.807) is 0 Å². The third-order valence-corrected chi connectivity index (χ3v) is 10.4. The molecule has 7 aromatic carbocycles. The summed E-state index contributed by atoms with van der Waals surface area (Å²) in [7, 11) is 0. The lowest BCUT2D eigenvalue weighted by molar-refractivity contribution is 0.660. The molecule has 0 N–H and O–H groups in total. The molecule has 2 heterocycles. The van der Waals surface area contributed by atoms with Gasteiger partial charge in [-0.15, -0.1) is 0 Å². The number of para-hydroxylation sites is 2. The summed E-state index contributed by atoms with van der Waals surface area (Å²) in [6, 6.07) is 55.3. The van der Waals surface area contributed by atoms with Gasteiger partial charge in [0.05, 0.1) is 11.0 Å². The molecule has 0 unspecified atom stereocenters. The van der Waals surface area contributed by atoms with Crippen LogP contribution >= 0.6 is 0 Å². The summed E-state index contributed by atoms with van der Waals surface area (Å²) < 4.78 is 8.57. The van der Waals surface area contributed by atoms with Crippen LogP contribution in [-0.4, -0.2) is 4.57 Å². The Morgan fingerprint density at radius 2 is 1.04 bits per heavy atom. The smallest absolute Gasteiger partial charge is 0.135 e. The number of furan rings is 1. The maximum Gasteiger partial charge on any atom is 0.135 e. The Bertz CT molecular complexity index is 2700. The molecule has 47 heavy (non-hydrogen) atoms. The van der Waals surface area contributed by atoms with E-state index in [-0.39, 0.29) is 5.41 Å². The number of rotatable bonds is 3. The van der Waals surface area contributed by atoms with Crippen LogP contribution in [0.15, 0.2) is 156 Å². The van der Waals surface area contributed by atoms with Gasteiger partial charge in [-0.1, -0.05) is 117 Å². The van der Waals surface area contributed by atoms with Crippen molar-refractivity contribution < 1.29 is 4.42 Å². The quantitative estimate of drug-likeness (QED) is 0.197. The van der Waals surface area contributed by atoms with E-state index in [0.717, 1.165) is 21.9 Å². The lowest BCUT2D eigenvalue weighted by Gasteiger charge is -2.23. The van der Waals surface area contributed by atoms with Crippen molar-refractivity contribution in [1.82, 2.24) is 4.57 Å². The Hall–Kier alpha value is -5.86. The Morgan fingerprint density at radius 3 is 1.91 bits per heavy atom. The van der Waals surface area contributed by atoms with Gasteiger partial charge in [0.2, 0.25) is 0 Å². The van der Waals surface area contributed by atoms with Crippen LogP contribution in [0.2, 0.25) is 0 Å². The van der Waals surface area contributed by atoms with Crippen LogP contribution in [0.25, 0.3) is 82.8 Å². The Morgan fingerprint density at radius 1 is 0.426 bits per heavy atom. The molecular formula is C45H31NO. The standard InChI is InChI=1S/C45H31NO/c1-45(2)39-25-30(29-18-23-44-38(24-29)37-13-7-9-15-43(37)47-44)16-20-33(39)34-22-19-32(27-40(34)45)46-41-14-8-6-12-35(41)36-21-17-31(26-42(36)46)28-10-4-3-5-11-28/h3-27H,1-2H3. The van der Waals surface area contributed by atoms with Crippen molar-refractivity contribution in [3.05, 3.63) is 163 Å². The lowest BCUT2D eigenvalue weighted by Crippen LogP contribution is -2.15. The van der Waals surface area contributed by atoms with Crippen LogP contribution in [0.3, 0.4) is 0 Å². The Kier molecular flexibility index (Phi) is 5.37. The molecule has 0 bridgehead atoms. The van der Waals surface area contributed by atoms with Gasteiger partial charge in [-0.05, 0) is 93.0 Å². The summed E-state index contributed by atoms with van der Waals surface area (Å²) in [6.07, 6.45) is 0. The topological polar surface area (TPSA) is 18.1 Å². The second kappa shape index (κ2) is 9.57. The normalized spacial score (nSPS) is 13.5. The zero-order valence-corrected chi connectivity index (χ0v) is 26.3. The van der Waals surface area contributed by atoms with Crippen molar-refractivity contribution in [3.8, 4) is 39.1 Å². The summed E-state index contributed by atoms with van der Waals surface area (Å²) >= 11 is 0. The van der Waals surface area contributed by atoms with Gasteiger partial charge in [0.25, 0.3) is 0 Å². The van der Waals surface area contributed by atoms with Gasteiger partial charge >= 0.3 is 0 Å². The van der Waals surface area contributed by atoms with Crippen LogP contribution < -0.4 is 0 Å². The molecule has 2 nitrogen and oxygen atoms in total. The lowest BCUT2D eigenvalue weighted by atomic mass is 9.81. The molecular weight excluding hydrogens is 571 g/mol. The van der Waals surface area contributed by atoms with E-state index in [9.17, 15) is 0 Å². The van der Waals surface area contributed by atoms with Crippen LogP contribution in [0.4, 0.5) is 0 Å². The summed E-state index contributed by atoms with van der Waals surface area (Å²) in [4.78, 5) is 0. The molecule has 222 valence electrons. The highest BCUT2D eigenvalue weighted by atomic mass is 16.3. The molecule has 2 aromatic heterocycles. The largest absolute Gasteiger partial charge is 0.456 e. The van der Waals surface area contributed by atoms with Gasteiger partial charge in [0.15, 0.2) is 0 Å². The molecule has 0 saturated carbocycles. The highest BCUT2D eigenvalue weighted by molar-refractivity contribution is 6.10. The van der Waals surface area contributed by atoms with Crippen LogP contribution in [0.1, 0.15) is 25.0 Å². The first-order chi connectivity index (χ1) is 23.0. The minimum atomic E-state index is -0.156. The zero-order chi connectivity index (χ0) is 31.3. The van der Waals surface area contributed by atoms with Crippen molar-refractivity contribution in [3.63, 3.8) is 0 Å². The molecule has 1 aliphatic rings. The average molecular weight is 602 g/mol. The van der Waals surface area contributed by atoms with E-state index in [0.29, 0.717) is 0 Å². The molecule has 9 aromatic rings. The first kappa shape index (κ1) is 26.4. The maximum atomic E-state index is 6.11. The van der Waals surface area contributed by atoms with E-state index in [1.165, 1.54) is 72.0 Å². The molecule has 0 radical (unpaired) electrons. The molecule has 0 aliphatic heterocycles. The van der Waals surface area contributed by atoms with Gasteiger partial charge in [-0.25, -0.2) is 0 Å². The second-order valence-electron chi connectivity index (χ2n) is 13.4. The molecule has 2 heteroatoms. The molecule has 0 spiro atoms. The number of aromatic nitrogens is 1. The van der Waals surface area contributed by atoms with Crippen molar-refractivity contribution in [2.75, 3.05) is 0 Å². The summed E-state index contributed by atoms with van der Waals surface area (Å²) in [5, 5.41) is 4.87. The summed E-state index contributed by atoms with van der Waals surface area (Å²) in [5.74, 6) is 0. The van der Waals surface area contributed by atoms with E-state index < -0.39 is 0 Å². The van der Waals surface area contributed by atoms with Gasteiger partial charge < -0.3 is 8.98 Å². The molecule has 10 rings (SSSR count). The second-order valence-corrected chi connectivity index (χ2v) is 13.4. The molecule has 1 aliphatic carbocycles. The average Bonchev–Trinajstić information content (AvgIpc) is 3.73. The van der Waals surface area contributed by atoms with E-state index in [2.05, 4.69) is 158 Å². The number of fused-ring (bicyclic) bond motifs is 9. The summed E-state index contributed by atoms with van der Waals surface area (Å²) in [5.41, 5.74) is 15.6. The van der Waals surface area contributed by atoms with Crippen molar-refractivity contribution in [1.29, 1.82) is 0 Å². The first-order valence-electron chi connectivity index (χ1n) is 16.3. The number of nitrogens with zero attached hydrogens (tertiary/aromatic N) is 1. The van der Waals surface area contributed by atoms with E-state index in [4.69, 9.17) is 4.42 Å². The van der Waals surface area contributed by atoms with Crippen LogP contribution in [-0.2, 0) is 5.41 Å². The number of hydrogen-bond donors (Lipinski definition) is 0.